The minimum atomic E-state index is -0.557. The summed E-state index contributed by atoms with van der Waals surface area (Å²) in [6.07, 6.45) is -0.272. The maximum Gasteiger partial charge on any atom is 0.334 e. The summed E-state index contributed by atoms with van der Waals surface area (Å²) in [4.78, 5) is 39.0. The highest BCUT2D eigenvalue weighted by Gasteiger charge is 2.37. The third-order valence-corrected chi connectivity index (χ3v) is 3.73. The highest BCUT2D eigenvalue weighted by molar-refractivity contribution is 6.13. The molecule has 5 heteroatoms. The third kappa shape index (κ3) is 6.06. The van der Waals surface area contributed by atoms with Crippen LogP contribution in [-0.4, -0.2) is 27.6 Å². The molecule has 0 N–H and O–H groups in total. The van der Waals surface area contributed by atoms with Gasteiger partial charge in [-0.15, -0.1) is 0 Å². The van der Waals surface area contributed by atoms with Crippen molar-refractivity contribution in [3.8, 4) is 0 Å². The van der Waals surface area contributed by atoms with Gasteiger partial charge in [0.15, 0.2) is 0 Å². The number of imide groups is 2. The van der Waals surface area contributed by atoms with Crippen LogP contribution in [0.5, 0.6) is 0 Å². The SMILES string of the molecule is CC.CC.O=C1CC(=O)N(Cc2ccccc2)C(=O)N1Cc1ccccc1. The van der Waals surface area contributed by atoms with Crippen molar-refractivity contribution in [3.05, 3.63) is 71.8 Å². The zero-order valence-electron chi connectivity index (χ0n) is 16.5. The van der Waals surface area contributed by atoms with Gasteiger partial charge in [0, 0.05) is 0 Å². The molecule has 0 atom stereocenters. The second-order valence-corrected chi connectivity index (χ2v) is 5.39. The number of amides is 4. The molecule has 1 aliphatic rings. The molecule has 0 unspecified atom stereocenters. The molecule has 0 radical (unpaired) electrons. The van der Waals surface area contributed by atoms with Crippen LogP contribution in [0, 0.1) is 0 Å². The van der Waals surface area contributed by atoms with E-state index in [0.29, 0.717) is 0 Å². The Morgan fingerprint density at radius 3 is 1.30 bits per heavy atom. The first-order valence-electron chi connectivity index (χ1n) is 9.37. The van der Waals surface area contributed by atoms with Crippen LogP contribution in [0.25, 0.3) is 0 Å². The molecular formula is C22H28N2O3. The Balaban J connectivity index is 0.000000855. The number of benzene rings is 2. The van der Waals surface area contributed by atoms with Crippen LogP contribution in [0.15, 0.2) is 60.7 Å². The van der Waals surface area contributed by atoms with Gasteiger partial charge in [-0.05, 0) is 11.1 Å². The molecule has 27 heavy (non-hydrogen) atoms. The second-order valence-electron chi connectivity index (χ2n) is 5.39. The van der Waals surface area contributed by atoms with Crippen molar-refractivity contribution < 1.29 is 14.4 Å². The molecule has 0 spiro atoms. The fourth-order valence-electron chi connectivity index (χ4n) is 2.52. The largest absolute Gasteiger partial charge is 0.334 e. The Morgan fingerprint density at radius 1 is 0.630 bits per heavy atom. The van der Waals surface area contributed by atoms with Gasteiger partial charge in [0.25, 0.3) is 0 Å². The van der Waals surface area contributed by atoms with Crippen molar-refractivity contribution in [1.82, 2.24) is 9.80 Å². The van der Waals surface area contributed by atoms with Gasteiger partial charge in [0.2, 0.25) is 11.8 Å². The number of nitrogens with zero attached hydrogens (tertiary/aromatic N) is 2. The quantitative estimate of drug-likeness (QED) is 0.740. The second kappa shape index (κ2) is 11.6. The standard InChI is InChI=1S/C18H16N2O3.2C2H6/c21-16-11-17(22)20(13-15-9-5-2-6-10-15)18(23)19(16)12-14-7-3-1-4-8-14;2*1-2/h1-10H,11-13H2;2*1-2H3. The topological polar surface area (TPSA) is 57.7 Å². The Kier molecular flexibility index (Phi) is 9.51. The van der Waals surface area contributed by atoms with Gasteiger partial charge in [0.05, 0.1) is 13.1 Å². The van der Waals surface area contributed by atoms with Crippen molar-refractivity contribution in [1.29, 1.82) is 0 Å². The minimum Gasteiger partial charge on any atom is -0.274 e. The van der Waals surface area contributed by atoms with Gasteiger partial charge in [0.1, 0.15) is 6.42 Å². The maximum absolute atomic E-state index is 12.6. The van der Waals surface area contributed by atoms with Crippen LogP contribution in [0.3, 0.4) is 0 Å². The Labute approximate surface area is 161 Å². The van der Waals surface area contributed by atoms with E-state index >= 15 is 0 Å². The lowest BCUT2D eigenvalue weighted by molar-refractivity contribution is -0.143. The molecule has 1 fully saturated rings. The van der Waals surface area contributed by atoms with Crippen LogP contribution in [-0.2, 0) is 22.7 Å². The Morgan fingerprint density at radius 2 is 0.963 bits per heavy atom. The van der Waals surface area contributed by atoms with Crippen molar-refractivity contribution in [2.75, 3.05) is 0 Å². The molecule has 2 aromatic rings. The van der Waals surface area contributed by atoms with Crippen LogP contribution in [0.1, 0.15) is 45.2 Å². The van der Waals surface area contributed by atoms with E-state index in [-0.39, 0.29) is 19.5 Å². The monoisotopic (exact) mass is 368 g/mol. The molecular weight excluding hydrogens is 340 g/mol. The average Bonchev–Trinajstić information content (AvgIpc) is 2.73. The molecule has 0 bridgehead atoms. The highest BCUT2D eigenvalue weighted by atomic mass is 16.2. The molecule has 1 saturated heterocycles. The fourth-order valence-corrected chi connectivity index (χ4v) is 2.52. The van der Waals surface area contributed by atoms with Crippen LogP contribution < -0.4 is 0 Å². The molecule has 144 valence electrons. The number of hydrogen-bond acceptors (Lipinski definition) is 3. The van der Waals surface area contributed by atoms with E-state index in [4.69, 9.17) is 0 Å². The summed E-state index contributed by atoms with van der Waals surface area (Å²) >= 11 is 0. The average molecular weight is 368 g/mol. The van der Waals surface area contributed by atoms with Gasteiger partial charge >= 0.3 is 6.03 Å². The zero-order valence-corrected chi connectivity index (χ0v) is 16.5. The van der Waals surface area contributed by atoms with Gasteiger partial charge in [-0.3, -0.25) is 19.4 Å². The van der Waals surface area contributed by atoms with Gasteiger partial charge < -0.3 is 0 Å². The number of rotatable bonds is 4. The van der Waals surface area contributed by atoms with E-state index in [9.17, 15) is 14.4 Å². The number of carbonyl (C=O) groups is 3. The predicted octanol–water partition coefficient (Wildman–Crippen LogP) is 4.62. The lowest BCUT2D eigenvalue weighted by atomic mass is 10.1. The van der Waals surface area contributed by atoms with E-state index in [1.807, 2.05) is 88.4 Å². The van der Waals surface area contributed by atoms with E-state index in [2.05, 4.69) is 0 Å². The molecule has 0 saturated carbocycles. The zero-order chi connectivity index (χ0) is 20.2. The summed E-state index contributed by atoms with van der Waals surface area (Å²) in [7, 11) is 0. The molecule has 2 aromatic carbocycles. The summed E-state index contributed by atoms with van der Waals surface area (Å²) in [5, 5.41) is 0. The molecule has 5 nitrogen and oxygen atoms in total. The van der Waals surface area contributed by atoms with E-state index in [1.165, 1.54) is 0 Å². The molecule has 4 amide bonds. The van der Waals surface area contributed by atoms with Crippen LogP contribution in [0.4, 0.5) is 4.79 Å². The number of urea groups is 1. The van der Waals surface area contributed by atoms with Crippen molar-refractivity contribution in [2.45, 2.75) is 47.2 Å². The first kappa shape index (κ1) is 22.1. The molecule has 0 aromatic heterocycles. The minimum absolute atomic E-state index is 0.178. The van der Waals surface area contributed by atoms with E-state index in [1.54, 1.807) is 0 Å². The molecule has 0 aliphatic carbocycles. The van der Waals surface area contributed by atoms with Crippen molar-refractivity contribution >= 4 is 17.8 Å². The summed E-state index contributed by atoms with van der Waals surface area (Å²) < 4.78 is 0. The Bertz CT molecular complexity index is 668. The van der Waals surface area contributed by atoms with Crippen LogP contribution in [0.2, 0.25) is 0 Å². The van der Waals surface area contributed by atoms with Crippen molar-refractivity contribution in [3.63, 3.8) is 0 Å². The molecule has 1 aliphatic heterocycles. The molecule has 3 rings (SSSR count). The predicted molar refractivity (Wildman–Crippen MR) is 107 cm³/mol. The first-order chi connectivity index (χ1) is 13.1. The highest BCUT2D eigenvalue weighted by Crippen LogP contribution is 2.18. The Hall–Kier alpha value is -2.95. The number of barbiturate groups is 1. The summed E-state index contributed by atoms with van der Waals surface area (Å²) in [6, 6.07) is 18.0. The number of carbonyl (C=O) groups excluding carboxylic acids is 3. The molecule has 1 heterocycles. The fraction of sp³-hybridized carbons (Fsp3) is 0.318. The van der Waals surface area contributed by atoms with Gasteiger partial charge in [-0.25, -0.2) is 4.79 Å². The van der Waals surface area contributed by atoms with E-state index in [0.717, 1.165) is 20.9 Å². The van der Waals surface area contributed by atoms with E-state index < -0.39 is 17.8 Å². The lowest BCUT2D eigenvalue weighted by Crippen LogP contribution is -2.54. The maximum atomic E-state index is 12.6. The lowest BCUT2D eigenvalue weighted by Gasteiger charge is -2.32. The number of hydrogen-bond donors (Lipinski definition) is 0. The van der Waals surface area contributed by atoms with Crippen molar-refractivity contribution in [2.24, 2.45) is 0 Å². The summed E-state index contributed by atoms with van der Waals surface area (Å²) in [5.41, 5.74) is 1.70. The van der Waals surface area contributed by atoms with Gasteiger partial charge in [-0.1, -0.05) is 88.4 Å². The smallest absolute Gasteiger partial charge is 0.274 e. The first-order valence-corrected chi connectivity index (χ1v) is 9.37. The normalized spacial score (nSPS) is 13.4. The van der Waals surface area contributed by atoms with Crippen LogP contribution >= 0.6 is 0 Å². The third-order valence-electron chi connectivity index (χ3n) is 3.73. The van der Waals surface area contributed by atoms with Gasteiger partial charge in [-0.2, -0.15) is 0 Å². The summed E-state index contributed by atoms with van der Waals surface area (Å²) in [6.45, 7) is 8.36. The summed E-state index contributed by atoms with van der Waals surface area (Å²) in [5.74, 6) is -0.902.